The van der Waals surface area contributed by atoms with E-state index in [9.17, 15) is 18.0 Å². The van der Waals surface area contributed by atoms with Crippen molar-refractivity contribution in [2.75, 3.05) is 37.6 Å². The fourth-order valence-electron chi connectivity index (χ4n) is 4.71. The molecule has 0 amide bonds. The van der Waals surface area contributed by atoms with Gasteiger partial charge in [-0.15, -0.1) is 11.3 Å². The predicted octanol–water partition coefficient (Wildman–Crippen LogP) is 5.39. The van der Waals surface area contributed by atoms with Crippen LogP contribution in [0.1, 0.15) is 58.1 Å². The standard InChI is InChI=1S/C24H33N3O2S.C2HF3O2/c1-23(2)8-9-24(3,4)19-15-17(5-6-18(19)23)20-16-30-22(25-20)27-13-11-26(12-14-27)10-7-21(28)29;3-2(4,5)1(6)7/h5-6,15-16H,7-14H2,1-4H3,(H,28,29);(H,6,7). The Labute approximate surface area is 218 Å². The van der Waals surface area contributed by atoms with Crippen LogP contribution in [-0.4, -0.2) is 70.9 Å². The molecule has 1 fully saturated rings. The minimum absolute atomic E-state index is 0.200. The Balaban J connectivity index is 0.000000479. The van der Waals surface area contributed by atoms with Crippen LogP contribution >= 0.6 is 11.3 Å². The first-order chi connectivity index (χ1) is 17.1. The summed E-state index contributed by atoms with van der Waals surface area (Å²) in [6, 6.07) is 6.94. The lowest BCUT2D eigenvalue weighted by molar-refractivity contribution is -0.192. The number of aliphatic carboxylic acids is 2. The highest BCUT2D eigenvalue weighted by Crippen LogP contribution is 2.46. The van der Waals surface area contributed by atoms with Crippen LogP contribution < -0.4 is 4.90 Å². The van der Waals surface area contributed by atoms with Crippen LogP contribution in [0.2, 0.25) is 0 Å². The van der Waals surface area contributed by atoms with Crippen molar-refractivity contribution in [2.24, 2.45) is 0 Å². The van der Waals surface area contributed by atoms with Crippen molar-refractivity contribution in [3.8, 4) is 11.3 Å². The number of hydrogen-bond donors (Lipinski definition) is 2. The number of carboxylic acids is 2. The van der Waals surface area contributed by atoms with E-state index in [0.717, 1.165) is 37.0 Å². The second-order valence-electron chi connectivity index (χ2n) is 10.8. The molecule has 0 radical (unpaired) electrons. The number of anilines is 1. The van der Waals surface area contributed by atoms with Crippen molar-refractivity contribution in [2.45, 2.75) is 64.0 Å². The molecule has 11 heteroatoms. The van der Waals surface area contributed by atoms with E-state index < -0.39 is 18.1 Å². The quantitative estimate of drug-likeness (QED) is 0.524. The molecule has 0 saturated carbocycles. The third-order valence-corrected chi connectivity index (χ3v) is 8.07. The van der Waals surface area contributed by atoms with Crippen molar-refractivity contribution >= 4 is 28.4 Å². The number of benzene rings is 1. The molecule has 4 rings (SSSR count). The smallest absolute Gasteiger partial charge is 0.481 e. The van der Waals surface area contributed by atoms with Gasteiger partial charge in [-0.2, -0.15) is 13.2 Å². The normalized spacial score (nSPS) is 18.9. The van der Waals surface area contributed by atoms with Gasteiger partial charge in [-0.3, -0.25) is 9.69 Å². The molecule has 204 valence electrons. The lowest BCUT2D eigenvalue weighted by Crippen LogP contribution is -2.46. The highest BCUT2D eigenvalue weighted by Gasteiger charge is 2.38. The Morgan fingerprint density at radius 3 is 2.11 bits per heavy atom. The molecule has 37 heavy (non-hydrogen) atoms. The largest absolute Gasteiger partial charge is 0.490 e. The number of nitrogens with zero attached hydrogens (tertiary/aromatic N) is 3. The highest BCUT2D eigenvalue weighted by molar-refractivity contribution is 7.14. The van der Waals surface area contributed by atoms with Crippen LogP contribution in [0.3, 0.4) is 0 Å². The second kappa shape index (κ2) is 11.0. The van der Waals surface area contributed by atoms with E-state index in [1.54, 1.807) is 11.3 Å². The Bertz CT molecular complexity index is 1120. The first kappa shape index (κ1) is 28.9. The van der Waals surface area contributed by atoms with Gasteiger partial charge in [0, 0.05) is 43.7 Å². The number of carboxylic acid groups (broad SMARTS) is 2. The molecule has 0 atom stereocenters. The van der Waals surface area contributed by atoms with Crippen LogP contribution in [-0.2, 0) is 20.4 Å². The van der Waals surface area contributed by atoms with Gasteiger partial charge in [-0.05, 0) is 40.9 Å². The van der Waals surface area contributed by atoms with Gasteiger partial charge in [0.25, 0.3) is 0 Å². The number of aromatic nitrogens is 1. The van der Waals surface area contributed by atoms with E-state index in [1.165, 1.54) is 29.5 Å². The molecular weight excluding hydrogens is 507 g/mol. The van der Waals surface area contributed by atoms with Gasteiger partial charge in [0.2, 0.25) is 0 Å². The summed E-state index contributed by atoms with van der Waals surface area (Å²) in [6.07, 6.45) is -2.43. The van der Waals surface area contributed by atoms with Gasteiger partial charge in [0.1, 0.15) is 0 Å². The third-order valence-electron chi connectivity index (χ3n) is 7.17. The Morgan fingerprint density at radius 2 is 1.57 bits per heavy atom. The van der Waals surface area contributed by atoms with Crippen molar-refractivity contribution in [1.82, 2.24) is 9.88 Å². The summed E-state index contributed by atoms with van der Waals surface area (Å²) in [5.74, 6) is -3.48. The minimum atomic E-state index is -5.08. The lowest BCUT2D eigenvalue weighted by Gasteiger charge is -2.42. The maximum absolute atomic E-state index is 10.8. The van der Waals surface area contributed by atoms with Crippen molar-refractivity contribution in [3.63, 3.8) is 0 Å². The maximum Gasteiger partial charge on any atom is 0.490 e. The van der Waals surface area contributed by atoms with E-state index in [4.69, 9.17) is 20.0 Å². The number of piperazine rings is 1. The molecule has 0 spiro atoms. The van der Waals surface area contributed by atoms with Crippen LogP contribution in [0.15, 0.2) is 23.6 Å². The number of rotatable bonds is 5. The lowest BCUT2D eigenvalue weighted by atomic mass is 9.63. The zero-order chi connectivity index (χ0) is 27.6. The summed E-state index contributed by atoms with van der Waals surface area (Å²) in [7, 11) is 0. The monoisotopic (exact) mass is 541 g/mol. The fraction of sp³-hybridized carbons (Fsp3) is 0.577. The fourth-order valence-corrected chi connectivity index (χ4v) is 5.60. The average Bonchev–Trinajstić information content (AvgIpc) is 3.31. The van der Waals surface area contributed by atoms with E-state index in [2.05, 4.69) is 61.1 Å². The number of alkyl halides is 3. The summed E-state index contributed by atoms with van der Waals surface area (Å²) in [5, 5.41) is 19.2. The molecule has 1 aromatic heterocycles. The topological polar surface area (TPSA) is 94.0 Å². The molecule has 0 unspecified atom stereocenters. The number of fused-ring (bicyclic) bond motifs is 1. The van der Waals surface area contributed by atoms with E-state index in [-0.39, 0.29) is 17.3 Å². The van der Waals surface area contributed by atoms with Gasteiger partial charge < -0.3 is 15.1 Å². The van der Waals surface area contributed by atoms with Crippen LogP contribution in [0, 0.1) is 0 Å². The molecule has 2 N–H and O–H groups in total. The molecule has 7 nitrogen and oxygen atoms in total. The van der Waals surface area contributed by atoms with E-state index >= 15 is 0 Å². The first-order valence-corrected chi connectivity index (χ1v) is 13.1. The number of hydrogen-bond acceptors (Lipinski definition) is 6. The zero-order valence-electron chi connectivity index (χ0n) is 21.6. The Morgan fingerprint density at radius 1 is 1.00 bits per heavy atom. The van der Waals surface area contributed by atoms with Crippen molar-refractivity contribution in [3.05, 3.63) is 34.7 Å². The number of halogens is 3. The van der Waals surface area contributed by atoms with E-state index in [0.29, 0.717) is 6.54 Å². The van der Waals surface area contributed by atoms with Gasteiger partial charge in [0.15, 0.2) is 5.13 Å². The number of carbonyl (C=O) groups is 2. The Kier molecular flexibility index (Phi) is 8.58. The number of thiazole rings is 1. The predicted molar refractivity (Wildman–Crippen MR) is 137 cm³/mol. The first-order valence-electron chi connectivity index (χ1n) is 12.2. The molecule has 2 aromatic rings. The summed E-state index contributed by atoms with van der Waals surface area (Å²) < 4.78 is 31.7. The highest BCUT2D eigenvalue weighted by atomic mass is 32.1. The molecule has 1 aliphatic carbocycles. The van der Waals surface area contributed by atoms with Gasteiger partial charge in [0.05, 0.1) is 12.1 Å². The molecule has 1 aromatic carbocycles. The molecule has 0 bridgehead atoms. The van der Waals surface area contributed by atoms with Crippen LogP contribution in [0.5, 0.6) is 0 Å². The summed E-state index contributed by atoms with van der Waals surface area (Å²) in [5.41, 5.74) is 5.66. The van der Waals surface area contributed by atoms with E-state index in [1.807, 2.05) is 0 Å². The van der Waals surface area contributed by atoms with Gasteiger partial charge in [-0.25, -0.2) is 9.78 Å². The minimum Gasteiger partial charge on any atom is -0.481 e. The molecule has 1 saturated heterocycles. The maximum atomic E-state index is 10.8. The zero-order valence-corrected chi connectivity index (χ0v) is 22.4. The van der Waals surface area contributed by atoms with Gasteiger partial charge in [-0.1, -0.05) is 39.8 Å². The average molecular weight is 542 g/mol. The molecule has 2 heterocycles. The van der Waals surface area contributed by atoms with Gasteiger partial charge >= 0.3 is 18.1 Å². The summed E-state index contributed by atoms with van der Waals surface area (Å²) in [4.78, 5) is 29.2. The van der Waals surface area contributed by atoms with Crippen LogP contribution in [0.25, 0.3) is 11.3 Å². The summed E-state index contributed by atoms with van der Waals surface area (Å²) >= 11 is 1.71. The second-order valence-corrected chi connectivity index (χ2v) is 11.7. The molecular formula is C26H34F3N3O4S. The molecule has 1 aliphatic heterocycles. The SMILES string of the molecule is CC1(C)CCC(C)(C)c2cc(-c3csc(N4CCN(CCC(=O)O)CC4)n3)ccc21.O=C(O)C(F)(F)F. The van der Waals surface area contributed by atoms with Crippen molar-refractivity contribution < 1.29 is 33.0 Å². The summed E-state index contributed by atoms with van der Waals surface area (Å²) in [6.45, 7) is 13.7. The van der Waals surface area contributed by atoms with Crippen LogP contribution in [0.4, 0.5) is 18.3 Å². The third kappa shape index (κ3) is 7.22. The Hall–Kier alpha value is -2.66. The molecule has 2 aliphatic rings. The van der Waals surface area contributed by atoms with Crippen molar-refractivity contribution in [1.29, 1.82) is 0 Å².